The molecule has 2 rings (SSSR count). The van der Waals surface area contributed by atoms with Crippen LogP contribution in [-0.4, -0.2) is 24.1 Å². The van der Waals surface area contributed by atoms with E-state index in [1.807, 2.05) is 18.3 Å². The fourth-order valence-corrected chi connectivity index (χ4v) is 1.88. The lowest BCUT2D eigenvalue weighted by atomic mass is 10.1. The Hall–Kier alpha value is -1.52. The standard InChI is InChI=1S/C13H16N2O2.ClH/c1-2-17-13(16)9-3-4-12-11(7-9)10(5-6-14)8-15-12;/h3-4,7-8,15H,2,5-6,14H2,1H3;1H. The Morgan fingerprint density at radius 3 is 2.89 bits per heavy atom. The summed E-state index contributed by atoms with van der Waals surface area (Å²) >= 11 is 0. The molecule has 0 radical (unpaired) electrons. The highest BCUT2D eigenvalue weighted by atomic mass is 35.5. The lowest BCUT2D eigenvalue weighted by molar-refractivity contribution is 0.0526. The minimum Gasteiger partial charge on any atom is -0.462 e. The lowest BCUT2D eigenvalue weighted by Gasteiger charge is -2.02. The van der Waals surface area contributed by atoms with Crippen molar-refractivity contribution in [2.45, 2.75) is 13.3 Å². The van der Waals surface area contributed by atoms with Crippen molar-refractivity contribution < 1.29 is 9.53 Å². The van der Waals surface area contributed by atoms with Crippen LogP contribution in [0, 0.1) is 0 Å². The molecule has 0 saturated heterocycles. The molecule has 0 aliphatic carbocycles. The van der Waals surface area contributed by atoms with Crippen molar-refractivity contribution in [1.29, 1.82) is 0 Å². The number of nitrogens with one attached hydrogen (secondary N) is 1. The Balaban J connectivity index is 0.00000162. The number of halogens is 1. The number of aromatic amines is 1. The van der Waals surface area contributed by atoms with Gasteiger partial charge in [0.2, 0.25) is 0 Å². The topological polar surface area (TPSA) is 68.1 Å². The van der Waals surface area contributed by atoms with Crippen LogP contribution in [0.25, 0.3) is 10.9 Å². The second-order valence-electron chi connectivity index (χ2n) is 3.83. The van der Waals surface area contributed by atoms with Crippen LogP contribution in [0.2, 0.25) is 0 Å². The second-order valence-corrected chi connectivity index (χ2v) is 3.83. The number of esters is 1. The molecular weight excluding hydrogens is 252 g/mol. The van der Waals surface area contributed by atoms with Gasteiger partial charge in [-0.1, -0.05) is 0 Å². The van der Waals surface area contributed by atoms with E-state index < -0.39 is 0 Å². The van der Waals surface area contributed by atoms with Crippen LogP contribution in [0.3, 0.4) is 0 Å². The molecule has 0 aliphatic heterocycles. The highest BCUT2D eigenvalue weighted by Crippen LogP contribution is 2.20. The van der Waals surface area contributed by atoms with Crippen LogP contribution < -0.4 is 5.73 Å². The van der Waals surface area contributed by atoms with Crippen LogP contribution in [0.1, 0.15) is 22.8 Å². The minimum atomic E-state index is -0.283. The molecule has 3 N–H and O–H groups in total. The zero-order valence-electron chi connectivity index (χ0n) is 10.2. The molecular formula is C13H17ClN2O2. The first kappa shape index (κ1) is 14.5. The predicted octanol–water partition coefficient (Wildman–Crippen LogP) is 2.27. The summed E-state index contributed by atoms with van der Waals surface area (Å²) in [5.41, 5.74) is 8.28. The van der Waals surface area contributed by atoms with Crippen molar-refractivity contribution in [3.05, 3.63) is 35.5 Å². The molecule has 1 aromatic heterocycles. The smallest absolute Gasteiger partial charge is 0.338 e. The molecule has 2 aromatic rings. The first-order valence-electron chi connectivity index (χ1n) is 5.73. The van der Waals surface area contributed by atoms with E-state index in [1.165, 1.54) is 0 Å². The van der Waals surface area contributed by atoms with E-state index in [-0.39, 0.29) is 18.4 Å². The quantitative estimate of drug-likeness (QED) is 0.836. The number of H-pyrrole nitrogens is 1. The number of carbonyl (C=O) groups excluding carboxylic acids is 1. The Bertz CT molecular complexity index is 537. The van der Waals surface area contributed by atoms with Gasteiger partial charge >= 0.3 is 5.97 Å². The minimum absolute atomic E-state index is 0. The van der Waals surface area contributed by atoms with Crippen molar-refractivity contribution in [3.63, 3.8) is 0 Å². The highest BCUT2D eigenvalue weighted by molar-refractivity contribution is 5.95. The number of carbonyl (C=O) groups is 1. The van der Waals surface area contributed by atoms with Gasteiger partial charge in [0.05, 0.1) is 12.2 Å². The molecule has 0 unspecified atom stereocenters. The SMILES string of the molecule is CCOC(=O)c1ccc2[nH]cc(CCN)c2c1.Cl. The lowest BCUT2D eigenvalue weighted by Crippen LogP contribution is -2.05. The van der Waals surface area contributed by atoms with Crippen molar-refractivity contribution in [1.82, 2.24) is 4.98 Å². The Kier molecular flexibility index (Phi) is 5.19. The summed E-state index contributed by atoms with van der Waals surface area (Å²) in [5, 5.41) is 1.04. The van der Waals surface area contributed by atoms with Gasteiger partial charge in [-0.25, -0.2) is 4.79 Å². The molecule has 5 heteroatoms. The number of nitrogens with two attached hydrogens (primary N) is 1. The summed E-state index contributed by atoms with van der Waals surface area (Å²) in [6.45, 7) is 2.78. The van der Waals surface area contributed by atoms with Crippen LogP contribution in [0.5, 0.6) is 0 Å². The number of aromatic nitrogens is 1. The number of rotatable bonds is 4. The van der Waals surface area contributed by atoms with Crippen molar-refractivity contribution in [2.24, 2.45) is 5.73 Å². The summed E-state index contributed by atoms with van der Waals surface area (Å²) in [7, 11) is 0. The number of hydrogen-bond donors (Lipinski definition) is 2. The fourth-order valence-electron chi connectivity index (χ4n) is 1.88. The van der Waals surface area contributed by atoms with Gasteiger partial charge in [-0.2, -0.15) is 0 Å². The normalized spacial score (nSPS) is 10.1. The molecule has 0 saturated carbocycles. The van der Waals surface area contributed by atoms with E-state index >= 15 is 0 Å². The Labute approximate surface area is 112 Å². The van der Waals surface area contributed by atoms with Crippen LogP contribution in [0.15, 0.2) is 24.4 Å². The first-order valence-corrected chi connectivity index (χ1v) is 5.73. The van der Waals surface area contributed by atoms with Gasteiger partial charge in [0.1, 0.15) is 0 Å². The molecule has 0 bridgehead atoms. The molecule has 0 amide bonds. The molecule has 0 aliphatic rings. The van der Waals surface area contributed by atoms with Gasteiger partial charge < -0.3 is 15.5 Å². The molecule has 0 fully saturated rings. The van der Waals surface area contributed by atoms with E-state index in [4.69, 9.17) is 10.5 Å². The average molecular weight is 269 g/mol. The largest absolute Gasteiger partial charge is 0.462 e. The van der Waals surface area contributed by atoms with E-state index in [2.05, 4.69) is 4.98 Å². The summed E-state index contributed by atoms with van der Waals surface area (Å²) < 4.78 is 4.98. The summed E-state index contributed by atoms with van der Waals surface area (Å²) in [5.74, 6) is -0.283. The van der Waals surface area contributed by atoms with Crippen LogP contribution in [-0.2, 0) is 11.2 Å². The summed E-state index contributed by atoms with van der Waals surface area (Å²) in [6, 6.07) is 5.51. The molecule has 0 spiro atoms. The van der Waals surface area contributed by atoms with Crippen molar-refractivity contribution in [3.8, 4) is 0 Å². The van der Waals surface area contributed by atoms with Gasteiger partial charge in [-0.3, -0.25) is 0 Å². The Morgan fingerprint density at radius 2 is 2.22 bits per heavy atom. The second kappa shape index (κ2) is 6.42. The van der Waals surface area contributed by atoms with E-state index in [1.54, 1.807) is 13.0 Å². The number of fused-ring (bicyclic) bond motifs is 1. The van der Waals surface area contributed by atoms with Gasteiger partial charge in [-0.05, 0) is 43.7 Å². The monoisotopic (exact) mass is 268 g/mol. The molecule has 4 nitrogen and oxygen atoms in total. The maximum absolute atomic E-state index is 11.6. The van der Waals surface area contributed by atoms with Gasteiger partial charge in [0.15, 0.2) is 0 Å². The number of hydrogen-bond acceptors (Lipinski definition) is 3. The van der Waals surface area contributed by atoms with E-state index in [0.717, 1.165) is 22.9 Å². The molecule has 98 valence electrons. The maximum atomic E-state index is 11.6. The third-order valence-electron chi connectivity index (χ3n) is 2.69. The molecule has 1 aromatic carbocycles. The summed E-state index contributed by atoms with van der Waals surface area (Å²) in [4.78, 5) is 14.8. The third-order valence-corrected chi connectivity index (χ3v) is 2.69. The first-order chi connectivity index (χ1) is 8.26. The van der Waals surface area contributed by atoms with Crippen molar-refractivity contribution >= 4 is 29.3 Å². The van der Waals surface area contributed by atoms with E-state index in [0.29, 0.717) is 18.7 Å². The predicted molar refractivity (Wildman–Crippen MR) is 74.3 cm³/mol. The van der Waals surface area contributed by atoms with Crippen LogP contribution in [0.4, 0.5) is 0 Å². The zero-order valence-corrected chi connectivity index (χ0v) is 11.0. The Morgan fingerprint density at radius 1 is 1.44 bits per heavy atom. The van der Waals surface area contributed by atoms with Gasteiger partial charge in [0, 0.05) is 17.1 Å². The van der Waals surface area contributed by atoms with Gasteiger partial charge in [-0.15, -0.1) is 12.4 Å². The number of ether oxygens (including phenoxy) is 1. The third kappa shape index (κ3) is 2.83. The van der Waals surface area contributed by atoms with Crippen LogP contribution >= 0.6 is 12.4 Å². The van der Waals surface area contributed by atoms with Gasteiger partial charge in [0.25, 0.3) is 0 Å². The number of benzene rings is 1. The molecule has 1 heterocycles. The average Bonchev–Trinajstić information content (AvgIpc) is 2.73. The zero-order chi connectivity index (χ0) is 12.3. The van der Waals surface area contributed by atoms with Crippen molar-refractivity contribution in [2.75, 3.05) is 13.2 Å². The summed E-state index contributed by atoms with van der Waals surface area (Å²) in [6.07, 6.45) is 2.73. The van der Waals surface area contributed by atoms with E-state index in [9.17, 15) is 4.79 Å². The molecule has 0 atom stereocenters. The molecule has 18 heavy (non-hydrogen) atoms. The maximum Gasteiger partial charge on any atom is 0.338 e. The highest BCUT2D eigenvalue weighted by Gasteiger charge is 2.09. The fraction of sp³-hybridized carbons (Fsp3) is 0.308.